The summed E-state index contributed by atoms with van der Waals surface area (Å²) in [7, 11) is 0. The van der Waals surface area contributed by atoms with E-state index in [-0.39, 0.29) is 0 Å². The van der Waals surface area contributed by atoms with E-state index in [1.165, 1.54) is 24.2 Å². The minimum absolute atomic E-state index is 0.534. The summed E-state index contributed by atoms with van der Waals surface area (Å²) in [5, 5.41) is 4.27. The molecule has 0 saturated carbocycles. The van der Waals surface area contributed by atoms with Crippen molar-refractivity contribution in [2.75, 3.05) is 13.1 Å². The van der Waals surface area contributed by atoms with E-state index in [1.54, 1.807) is 0 Å². The fourth-order valence-electron chi connectivity index (χ4n) is 2.96. The molecule has 0 spiro atoms. The SMILES string of the molecule is CCCn1c(C2CCCNC2)nc2ccc(Cl)cc21. The van der Waals surface area contributed by atoms with Crippen molar-refractivity contribution in [3.05, 3.63) is 29.0 Å². The Kier molecular flexibility index (Phi) is 3.76. The molecule has 2 heterocycles. The summed E-state index contributed by atoms with van der Waals surface area (Å²) in [6, 6.07) is 6.00. The highest BCUT2D eigenvalue weighted by Gasteiger charge is 2.22. The predicted molar refractivity (Wildman–Crippen MR) is 79.9 cm³/mol. The summed E-state index contributed by atoms with van der Waals surface area (Å²) >= 11 is 6.13. The number of hydrogen-bond acceptors (Lipinski definition) is 2. The van der Waals surface area contributed by atoms with E-state index in [2.05, 4.69) is 16.8 Å². The van der Waals surface area contributed by atoms with Crippen molar-refractivity contribution in [2.45, 2.75) is 38.6 Å². The second kappa shape index (κ2) is 5.51. The van der Waals surface area contributed by atoms with Gasteiger partial charge in [-0.05, 0) is 44.0 Å². The Morgan fingerprint density at radius 2 is 2.37 bits per heavy atom. The Hall–Kier alpha value is -1.06. The molecule has 1 aromatic carbocycles. The van der Waals surface area contributed by atoms with Crippen molar-refractivity contribution in [1.29, 1.82) is 0 Å². The van der Waals surface area contributed by atoms with Crippen molar-refractivity contribution >= 4 is 22.6 Å². The van der Waals surface area contributed by atoms with E-state index < -0.39 is 0 Å². The summed E-state index contributed by atoms with van der Waals surface area (Å²) in [4.78, 5) is 4.86. The van der Waals surface area contributed by atoms with E-state index in [0.717, 1.165) is 36.6 Å². The van der Waals surface area contributed by atoms with E-state index in [9.17, 15) is 0 Å². The Morgan fingerprint density at radius 3 is 3.11 bits per heavy atom. The van der Waals surface area contributed by atoms with E-state index >= 15 is 0 Å². The number of fused-ring (bicyclic) bond motifs is 1. The minimum Gasteiger partial charge on any atom is -0.328 e. The van der Waals surface area contributed by atoms with E-state index in [4.69, 9.17) is 16.6 Å². The van der Waals surface area contributed by atoms with Crippen LogP contribution in [-0.2, 0) is 6.54 Å². The van der Waals surface area contributed by atoms with Crippen LogP contribution in [-0.4, -0.2) is 22.6 Å². The van der Waals surface area contributed by atoms with Crippen LogP contribution in [0.1, 0.15) is 37.9 Å². The lowest BCUT2D eigenvalue weighted by Crippen LogP contribution is -2.30. The van der Waals surface area contributed by atoms with Gasteiger partial charge in [-0.15, -0.1) is 0 Å². The van der Waals surface area contributed by atoms with Gasteiger partial charge in [0.05, 0.1) is 11.0 Å². The number of nitrogens with one attached hydrogen (secondary N) is 1. The molecule has 102 valence electrons. The monoisotopic (exact) mass is 277 g/mol. The van der Waals surface area contributed by atoms with Crippen LogP contribution in [0.4, 0.5) is 0 Å². The molecule has 4 heteroatoms. The van der Waals surface area contributed by atoms with Crippen molar-refractivity contribution in [3.63, 3.8) is 0 Å². The van der Waals surface area contributed by atoms with Gasteiger partial charge in [0.1, 0.15) is 5.82 Å². The number of imidazole rings is 1. The minimum atomic E-state index is 0.534. The molecule has 2 aromatic rings. The molecule has 1 unspecified atom stereocenters. The smallest absolute Gasteiger partial charge is 0.114 e. The summed E-state index contributed by atoms with van der Waals surface area (Å²) in [5.41, 5.74) is 2.24. The van der Waals surface area contributed by atoms with Gasteiger partial charge in [-0.2, -0.15) is 0 Å². The molecule has 1 aromatic heterocycles. The van der Waals surface area contributed by atoms with Crippen LogP contribution < -0.4 is 5.32 Å². The number of benzene rings is 1. The Balaban J connectivity index is 2.08. The quantitative estimate of drug-likeness (QED) is 0.930. The Morgan fingerprint density at radius 1 is 1.47 bits per heavy atom. The standard InChI is InChI=1S/C15H20ClN3/c1-2-8-19-14-9-12(16)5-6-13(14)18-15(19)11-4-3-7-17-10-11/h5-6,9,11,17H,2-4,7-8,10H2,1H3. The van der Waals surface area contributed by atoms with Crippen LogP contribution in [0.25, 0.3) is 11.0 Å². The molecule has 0 radical (unpaired) electrons. The largest absolute Gasteiger partial charge is 0.328 e. The molecular formula is C15H20ClN3. The first-order valence-electron chi connectivity index (χ1n) is 7.16. The number of nitrogens with zero attached hydrogens (tertiary/aromatic N) is 2. The topological polar surface area (TPSA) is 29.9 Å². The first-order valence-corrected chi connectivity index (χ1v) is 7.54. The molecule has 0 aliphatic carbocycles. The number of aryl methyl sites for hydroxylation is 1. The summed E-state index contributed by atoms with van der Waals surface area (Å²) in [6.07, 6.45) is 3.58. The van der Waals surface area contributed by atoms with Gasteiger partial charge in [-0.25, -0.2) is 4.98 Å². The van der Waals surface area contributed by atoms with Crippen LogP contribution in [0.15, 0.2) is 18.2 Å². The third-order valence-electron chi connectivity index (χ3n) is 3.85. The molecule has 1 aliphatic rings. The zero-order chi connectivity index (χ0) is 13.2. The van der Waals surface area contributed by atoms with Crippen molar-refractivity contribution < 1.29 is 0 Å². The van der Waals surface area contributed by atoms with Gasteiger partial charge in [0.2, 0.25) is 0 Å². The second-order valence-corrected chi connectivity index (χ2v) is 5.73. The first-order chi connectivity index (χ1) is 9.29. The molecule has 1 atom stereocenters. The Bertz CT molecular complexity index is 570. The zero-order valence-corrected chi connectivity index (χ0v) is 12.1. The van der Waals surface area contributed by atoms with Gasteiger partial charge in [0.15, 0.2) is 0 Å². The van der Waals surface area contributed by atoms with Crippen molar-refractivity contribution in [2.24, 2.45) is 0 Å². The van der Waals surface area contributed by atoms with Gasteiger partial charge in [-0.1, -0.05) is 18.5 Å². The highest BCUT2D eigenvalue weighted by atomic mass is 35.5. The average Bonchev–Trinajstić information content (AvgIpc) is 2.79. The van der Waals surface area contributed by atoms with Crippen molar-refractivity contribution in [1.82, 2.24) is 14.9 Å². The lowest BCUT2D eigenvalue weighted by Gasteiger charge is -2.23. The van der Waals surface area contributed by atoms with Crippen LogP contribution in [0.2, 0.25) is 5.02 Å². The molecule has 3 nitrogen and oxygen atoms in total. The molecule has 3 rings (SSSR count). The highest BCUT2D eigenvalue weighted by Crippen LogP contribution is 2.28. The first kappa shape index (κ1) is 12.9. The third kappa shape index (κ3) is 2.49. The molecule has 1 saturated heterocycles. The maximum absolute atomic E-state index is 6.13. The van der Waals surface area contributed by atoms with Gasteiger partial charge >= 0.3 is 0 Å². The number of aromatic nitrogens is 2. The predicted octanol–water partition coefficient (Wildman–Crippen LogP) is 3.57. The fraction of sp³-hybridized carbons (Fsp3) is 0.533. The van der Waals surface area contributed by atoms with Gasteiger partial charge < -0.3 is 9.88 Å². The number of piperidine rings is 1. The molecule has 1 fully saturated rings. The number of rotatable bonds is 3. The van der Waals surface area contributed by atoms with Gasteiger partial charge in [-0.3, -0.25) is 0 Å². The highest BCUT2D eigenvalue weighted by molar-refractivity contribution is 6.31. The van der Waals surface area contributed by atoms with E-state index in [1.807, 2.05) is 18.2 Å². The third-order valence-corrected chi connectivity index (χ3v) is 4.08. The lowest BCUT2D eigenvalue weighted by atomic mass is 9.99. The van der Waals surface area contributed by atoms with Gasteiger partial charge in [0, 0.05) is 24.0 Å². The van der Waals surface area contributed by atoms with Crippen LogP contribution in [0, 0.1) is 0 Å². The average molecular weight is 278 g/mol. The van der Waals surface area contributed by atoms with Gasteiger partial charge in [0.25, 0.3) is 0 Å². The molecular weight excluding hydrogens is 258 g/mol. The molecule has 0 bridgehead atoms. The fourth-order valence-corrected chi connectivity index (χ4v) is 3.12. The number of halogens is 1. The summed E-state index contributed by atoms with van der Waals surface area (Å²) in [5.74, 6) is 1.76. The molecule has 0 amide bonds. The lowest BCUT2D eigenvalue weighted by molar-refractivity contribution is 0.433. The van der Waals surface area contributed by atoms with Crippen LogP contribution >= 0.6 is 11.6 Å². The van der Waals surface area contributed by atoms with Crippen LogP contribution in [0.5, 0.6) is 0 Å². The summed E-state index contributed by atoms with van der Waals surface area (Å²) < 4.78 is 2.36. The van der Waals surface area contributed by atoms with Crippen LogP contribution in [0.3, 0.4) is 0 Å². The maximum Gasteiger partial charge on any atom is 0.114 e. The van der Waals surface area contributed by atoms with Crippen molar-refractivity contribution in [3.8, 4) is 0 Å². The summed E-state index contributed by atoms with van der Waals surface area (Å²) in [6.45, 7) is 5.40. The molecule has 19 heavy (non-hydrogen) atoms. The maximum atomic E-state index is 6.13. The molecule has 1 aliphatic heterocycles. The Labute approximate surface area is 119 Å². The second-order valence-electron chi connectivity index (χ2n) is 5.30. The van der Waals surface area contributed by atoms with E-state index in [0.29, 0.717) is 5.92 Å². The zero-order valence-electron chi connectivity index (χ0n) is 11.3. The molecule has 1 N–H and O–H groups in total. The number of hydrogen-bond donors (Lipinski definition) is 1. The normalized spacial score (nSPS) is 20.0.